The lowest BCUT2D eigenvalue weighted by Crippen LogP contribution is -2.11. The SMILES string of the molecule is N#Cc1ccc2c(C3CCC(=O)CC3)c[nH]c2c1. The van der Waals surface area contributed by atoms with Crippen molar-refractivity contribution in [1.82, 2.24) is 4.98 Å². The fourth-order valence-corrected chi connectivity index (χ4v) is 2.81. The first kappa shape index (κ1) is 11.0. The number of carbonyl (C=O) groups excluding carboxylic acids is 1. The summed E-state index contributed by atoms with van der Waals surface area (Å²) in [5.74, 6) is 0.863. The molecule has 18 heavy (non-hydrogen) atoms. The third-order valence-corrected chi connectivity index (χ3v) is 3.83. The molecular formula is C15H14N2O. The van der Waals surface area contributed by atoms with Gasteiger partial charge in [-0.25, -0.2) is 0 Å². The molecule has 3 nitrogen and oxygen atoms in total. The van der Waals surface area contributed by atoms with Crippen LogP contribution in [0.4, 0.5) is 0 Å². The zero-order valence-corrected chi connectivity index (χ0v) is 10.1. The molecule has 1 aromatic heterocycles. The number of Topliss-reactive ketones (excluding diaryl/α,β-unsaturated/α-hetero) is 1. The maximum absolute atomic E-state index is 11.3. The first-order valence-electron chi connectivity index (χ1n) is 6.31. The highest BCUT2D eigenvalue weighted by Crippen LogP contribution is 2.35. The molecule has 2 aromatic rings. The smallest absolute Gasteiger partial charge is 0.132 e. The molecule has 90 valence electrons. The van der Waals surface area contributed by atoms with Gasteiger partial charge in [-0.1, -0.05) is 6.07 Å². The Labute approximate surface area is 105 Å². The van der Waals surface area contributed by atoms with Gasteiger partial charge in [0.1, 0.15) is 5.78 Å². The van der Waals surface area contributed by atoms with Gasteiger partial charge < -0.3 is 4.98 Å². The quantitative estimate of drug-likeness (QED) is 0.829. The Hall–Kier alpha value is -2.08. The van der Waals surface area contributed by atoms with Crippen molar-refractivity contribution in [3.63, 3.8) is 0 Å². The molecular weight excluding hydrogens is 224 g/mol. The number of carbonyl (C=O) groups is 1. The first-order chi connectivity index (χ1) is 8.78. The van der Waals surface area contributed by atoms with Crippen molar-refractivity contribution in [2.45, 2.75) is 31.6 Å². The lowest BCUT2D eigenvalue weighted by molar-refractivity contribution is -0.120. The predicted molar refractivity (Wildman–Crippen MR) is 69.2 cm³/mol. The Kier molecular flexibility index (Phi) is 2.64. The Morgan fingerprint density at radius 1 is 1.28 bits per heavy atom. The van der Waals surface area contributed by atoms with E-state index in [0.717, 1.165) is 18.4 Å². The van der Waals surface area contributed by atoms with Gasteiger partial charge in [0.25, 0.3) is 0 Å². The highest BCUT2D eigenvalue weighted by Gasteiger charge is 2.22. The fourth-order valence-electron chi connectivity index (χ4n) is 2.81. The van der Waals surface area contributed by atoms with Crippen LogP contribution < -0.4 is 0 Å². The molecule has 0 amide bonds. The molecule has 1 aliphatic rings. The number of fused-ring (bicyclic) bond motifs is 1. The Morgan fingerprint density at radius 3 is 2.78 bits per heavy atom. The maximum Gasteiger partial charge on any atom is 0.132 e. The molecule has 1 fully saturated rings. The molecule has 1 aliphatic carbocycles. The topological polar surface area (TPSA) is 56.6 Å². The predicted octanol–water partition coefficient (Wildman–Crippen LogP) is 3.27. The molecule has 3 heteroatoms. The molecule has 1 aromatic carbocycles. The van der Waals surface area contributed by atoms with Crippen LogP contribution >= 0.6 is 0 Å². The number of aromatic nitrogens is 1. The summed E-state index contributed by atoms with van der Waals surface area (Å²) >= 11 is 0. The molecule has 0 radical (unpaired) electrons. The molecule has 1 N–H and O–H groups in total. The van der Waals surface area contributed by atoms with Gasteiger partial charge in [-0.3, -0.25) is 4.79 Å². The van der Waals surface area contributed by atoms with Crippen LogP contribution in [0.2, 0.25) is 0 Å². The summed E-state index contributed by atoms with van der Waals surface area (Å²) in [4.78, 5) is 14.5. The standard InChI is InChI=1S/C15H14N2O/c16-8-10-1-6-13-14(9-17-15(13)7-10)11-2-4-12(18)5-3-11/h1,6-7,9,11,17H,2-5H2. The first-order valence-corrected chi connectivity index (χ1v) is 6.31. The third kappa shape index (κ3) is 1.80. The highest BCUT2D eigenvalue weighted by atomic mass is 16.1. The molecule has 0 saturated heterocycles. The van der Waals surface area contributed by atoms with Crippen LogP contribution in [0.15, 0.2) is 24.4 Å². The van der Waals surface area contributed by atoms with Gasteiger partial charge in [0.15, 0.2) is 0 Å². The van der Waals surface area contributed by atoms with Gasteiger partial charge >= 0.3 is 0 Å². The third-order valence-electron chi connectivity index (χ3n) is 3.83. The fraction of sp³-hybridized carbons (Fsp3) is 0.333. The van der Waals surface area contributed by atoms with Crippen LogP contribution in [0.1, 0.15) is 42.7 Å². The molecule has 0 unspecified atom stereocenters. The van der Waals surface area contributed by atoms with Crippen LogP contribution in [0, 0.1) is 11.3 Å². The van der Waals surface area contributed by atoms with Crippen molar-refractivity contribution >= 4 is 16.7 Å². The van der Waals surface area contributed by atoms with E-state index >= 15 is 0 Å². The van der Waals surface area contributed by atoms with E-state index in [1.165, 1.54) is 10.9 Å². The number of nitrogens with one attached hydrogen (secondary N) is 1. The number of aromatic amines is 1. The van der Waals surface area contributed by atoms with Gasteiger partial charge in [0.05, 0.1) is 11.6 Å². The minimum absolute atomic E-state index is 0.387. The average Bonchev–Trinajstić information content (AvgIpc) is 2.82. The normalized spacial score (nSPS) is 16.9. The van der Waals surface area contributed by atoms with Crippen molar-refractivity contribution in [3.8, 4) is 6.07 Å². The van der Waals surface area contributed by atoms with E-state index in [1.54, 1.807) is 0 Å². The van der Waals surface area contributed by atoms with E-state index in [-0.39, 0.29) is 0 Å². The summed E-state index contributed by atoms with van der Waals surface area (Å²) in [6, 6.07) is 7.90. The number of H-pyrrole nitrogens is 1. The number of nitriles is 1. The van der Waals surface area contributed by atoms with Crippen molar-refractivity contribution in [1.29, 1.82) is 5.26 Å². The molecule has 1 heterocycles. The van der Waals surface area contributed by atoms with E-state index in [4.69, 9.17) is 5.26 Å². The molecule has 3 rings (SSSR count). The second-order valence-electron chi connectivity index (χ2n) is 4.93. The zero-order valence-electron chi connectivity index (χ0n) is 10.1. The molecule has 0 spiro atoms. The summed E-state index contributed by atoms with van der Waals surface area (Å²) in [6.45, 7) is 0. The molecule has 0 atom stereocenters. The second-order valence-corrected chi connectivity index (χ2v) is 4.93. The zero-order chi connectivity index (χ0) is 12.5. The number of benzene rings is 1. The van der Waals surface area contributed by atoms with Crippen LogP contribution in [0.25, 0.3) is 10.9 Å². The minimum atomic E-state index is 0.387. The minimum Gasteiger partial charge on any atom is -0.361 e. The van der Waals surface area contributed by atoms with E-state index in [0.29, 0.717) is 30.1 Å². The van der Waals surface area contributed by atoms with Crippen LogP contribution in [-0.2, 0) is 4.79 Å². The molecule has 0 bridgehead atoms. The number of hydrogen-bond donors (Lipinski definition) is 1. The lowest BCUT2D eigenvalue weighted by atomic mass is 9.83. The van der Waals surface area contributed by atoms with E-state index in [9.17, 15) is 4.79 Å². The van der Waals surface area contributed by atoms with E-state index < -0.39 is 0 Å². The van der Waals surface area contributed by atoms with Gasteiger partial charge in [0, 0.05) is 29.9 Å². The summed E-state index contributed by atoms with van der Waals surface area (Å²) in [5.41, 5.74) is 2.98. The Morgan fingerprint density at radius 2 is 2.06 bits per heavy atom. The lowest BCUT2D eigenvalue weighted by Gasteiger charge is -2.20. The summed E-state index contributed by atoms with van der Waals surface area (Å²) < 4.78 is 0. The largest absolute Gasteiger partial charge is 0.361 e. The second kappa shape index (κ2) is 4.30. The summed E-state index contributed by atoms with van der Waals surface area (Å²) in [7, 11) is 0. The number of ketones is 1. The maximum atomic E-state index is 11.3. The van der Waals surface area contributed by atoms with Crippen molar-refractivity contribution in [2.24, 2.45) is 0 Å². The molecule has 1 saturated carbocycles. The van der Waals surface area contributed by atoms with Gasteiger partial charge in [-0.2, -0.15) is 5.26 Å². The number of rotatable bonds is 1. The van der Waals surface area contributed by atoms with Crippen LogP contribution in [-0.4, -0.2) is 10.8 Å². The summed E-state index contributed by atoms with van der Waals surface area (Å²) in [5, 5.41) is 10.1. The van der Waals surface area contributed by atoms with Crippen LogP contribution in [0.3, 0.4) is 0 Å². The number of nitrogens with zero attached hydrogens (tertiary/aromatic N) is 1. The molecule has 0 aliphatic heterocycles. The van der Waals surface area contributed by atoms with Crippen molar-refractivity contribution in [3.05, 3.63) is 35.5 Å². The van der Waals surface area contributed by atoms with Crippen molar-refractivity contribution < 1.29 is 4.79 Å². The Bertz CT molecular complexity index is 638. The van der Waals surface area contributed by atoms with E-state index in [2.05, 4.69) is 11.1 Å². The Balaban J connectivity index is 1.98. The van der Waals surface area contributed by atoms with Gasteiger partial charge in [0.2, 0.25) is 0 Å². The van der Waals surface area contributed by atoms with Gasteiger partial charge in [-0.05, 0) is 36.5 Å². The average molecular weight is 238 g/mol. The van der Waals surface area contributed by atoms with E-state index in [1.807, 2.05) is 24.4 Å². The number of hydrogen-bond acceptors (Lipinski definition) is 2. The summed E-state index contributed by atoms with van der Waals surface area (Å²) in [6.07, 6.45) is 5.34. The van der Waals surface area contributed by atoms with Crippen molar-refractivity contribution in [2.75, 3.05) is 0 Å². The van der Waals surface area contributed by atoms with Crippen LogP contribution in [0.5, 0.6) is 0 Å². The van der Waals surface area contributed by atoms with Gasteiger partial charge in [-0.15, -0.1) is 0 Å². The highest BCUT2D eigenvalue weighted by molar-refractivity contribution is 5.85. The monoisotopic (exact) mass is 238 g/mol.